The normalized spacial score (nSPS) is 16.9. The molecule has 5 nitrogen and oxygen atoms in total. The Kier molecular flexibility index (Phi) is 2.27. The fraction of sp³-hybridized carbons (Fsp3) is 0.364. The van der Waals surface area contributed by atoms with Crippen molar-refractivity contribution in [2.75, 3.05) is 7.11 Å². The van der Waals surface area contributed by atoms with Gasteiger partial charge in [0.2, 0.25) is 0 Å². The molecule has 0 amide bonds. The van der Waals surface area contributed by atoms with E-state index in [1.165, 1.54) is 19.2 Å². The van der Waals surface area contributed by atoms with Crippen LogP contribution in [0.2, 0.25) is 0 Å². The van der Waals surface area contributed by atoms with Crippen molar-refractivity contribution in [3.05, 3.63) is 23.3 Å². The molecule has 0 atom stereocenters. The second-order valence-electron chi connectivity index (χ2n) is 4.03. The zero-order valence-corrected chi connectivity index (χ0v) is 8.86. The van der Waals surface area contributed by atoms with Gasteiger partial charge in [-0.25, -0.2) is 4.79 Å². The van der Waals surface area contributed by atoms with E-state index in [9.17, 15) is 9.90 Å². The summed E-state index contributed by atoms with van der Waals surface area (Å²) in [6.45, 7) is 0. The summed E-state index contributed by atoms with van der Waals surface area (Å²) in [7, 11) is 1.41. The monoisotopic (exact) mass is 223 g/mol. The molecule has 0 heterocycles. The van der Waals surface area contributed by atoms with Crippen LogP contribution < -0.4 is 10.5 Å². The number of ether oxygens (including phenoxy) is 1. The van der Waals surface area contributed by atoms with E-state index < -0.39 is 11.5 Å². The van der Waals surface area contributed by atoms with Gasteiger partial charge in [0.25, 0.3) is 0 Å². The zero-order valence-electron chi connectivity index (χ0n) is 8.86. The summed E-state index contributed by atoms with van der Waals surface area (Å²) in [6, 6.07) is 2.69. The van der Waals surface area contributed by atoms with Gasteiger partial charge in [-0.1, -0.05) is 0 Å². The summed E-state index contributed by atoms with van der Waals surface area (Å²) < 4.78 is 4.94. The van der Waals surface area contributed by atoms with E-state index in [4.69, 9.17) is 15.6 Å². The van der Waals surface area contributed by atoms with Crippen LogP contribution in [-0.4, -0.2) is 23.3 Å². The standard InChI is InChI=1S/C11H13NO4/c1-16-9-5-7(11(12)2-3-11)6(10(14)15)4-8(9)13/h4-5,13H,2-3,12H2,1H3,(H,14,15). The Morgan fingerprint density at radius 3 is 2.56 bits per heavy atom. The molecule has 86 valence electrons. The molecule has 1 fully saturated rings. The predicted molar refractivity (Wildman–Crippen MR) is 56.7 cm³/mol. The van der Waals surface area contributed by atoms with Gasteiger partial charge in [-0.15, -0.1) is 0 Å². The molecule has 1 aliphatic rings. The smallest absolute Gasteiger partial charge is 0.336 e. The number of methoxy groups -OCH3 is 1. The lowest BCUT2D eigenvalue weighted by molar-refractivity contribution is 0.0694. The molecule has 0 radical (unpaired) electrons. The summed E-state index contributed by atoms with van der Waals surface area (Å²) >= 11 is 0. The molecule has 0 spiro atoms. The SMILES string of the molecule is COc1cc(C2(N)CC2)c(C(=O)O)cc1O. The van der Waals surface area contributed by atoms with Gasteiger partial charge in [0.05, 0.1) is 12.7 Å². The molecule has 1 aliphatic carbocycles. The number of phenols is 1. The number of carbonyl (C=O) groups is 1. The molecule has 1 aromatic rings. The number of aromatic hydroxyl groups is 1. The maximum absolute atomic E-state index is 11.0. The van der Waals surface area contributed by atoms with E-state index in [0.717, 1.165) is 12.8 Å². The van der Waals surface area contributed by atoms with E-state index in [2.05, 4.69) is 0 Å². The van der Waals surface area contributed by atoms with Crippen LogP contribution >= 0.6 is 0 Å². The molecule has 4 N–H and O–H groups in total. The Hall–Kier alpha value is -1.75. The molecular formula is C11H13NO4. The first-order chi connectivity index (χ1) is 7.48. The van der Waals surface area contributed by atoms with Crippen molar-refractivity contribution in [1.29, 1.82) is 0 Å². The number of nitrogens with two attached hydrogens (primary N) is 1. The summed E-state index contributed by atoms with van der Waals surface area (Å²) in [6.07, 6.45) is 1.50. The Labute approximate surface area is 92.5 Å². The maximum Gasteiger partial charge on any atom is 0.336 e. The lowest BCUT2D eigenvalue weighted by atomic mass is 9.98. The van der Waals surface area contributed by atoms with Crippen LogP contribution in [0.4, 0.5) is 0 Å². The second-order valence-corrected chi connectivity index (χ2v) is 4.03. The van der Waals surface area contributed by atoms with Crippen molar-refractivity contribution >= 4 is 5.97 Å². The van der Waals surface area contributed by atoms with Crippen LogP contribution in [0.15, 0.2) is 12.1 Å². The van der Waals surface area contributed by atoms with Crippen molar-refractivity contribution in [1.82, 2.24) is 0 Å². The van der Waals surface area contributed by atoms with Gasteiger partial charge in [-0.05, 0) is 30.5 Å². The third-order valence-electron chi connectivity index (χ3n) is 2.87. The van der Waals surface area contributed by atoms with Gasteiger partial charge in [-0.2, -0.15) is 0 Å². The first-order valence-electron chi connectivity index (χ1n) is 4.91. The second kappa shape index (κ2) is 3.38. The fourth-order valence-corrected chi connectivity index (χ4v) is 1.72. The molecule has 0 unspecified atom stereocenters. The van der Waals surface area contributed by atoms with Gasteiger partial charge in [0.15, 0.2) is 11.5 Å². The number of hydrogen-bond donors (Lipinski definition) is 3. The third kappa shape index (κ3) is 1.59. The number of carboxylic acids is 1. The number of rotatable bonds is 3. The Bertz CT molecular complexity index is 452. The highest BCUT2D eigenvalue weighted by molar-refractivity contribution is 5.91. The van der Waals surface area contributed by atoms with Gasteiger partial charge in [-0.3, -0.25) is 0 Å². The van der Waals surface area contributed by atoms with Gasteiger partial charge in [0.1, 0.15) is 0 Å². The number of benzene rings is 1. The average molecular weight is 223 g/mol. The van der Waals surface area contributed by atoms with E-state index in [1.807, 2.05) is 0 Å². The topological polar surface area (TPSA) is 92.8 Å². The Balaban J connectivity index is 2.59. The molecule has 0 saturated heterocycles. The quantitative estimate of drug-likeness (QED) is 0.712. The van der Waals surface area contributed by atoms with Gasteiger partial charge in [0, 0.05) is 5.54 Å². The number of hydrogen-bond acceptors (Lipinski definition) is 4. The average Bonchev–Trinajstić information content (AvgIpc) is 2.97. The van der Waals surface area contributed by atoms with Crippen LogP contribution in [0.3, 0.4) is 0 Å². The summed E-state index contributed by atoms with van der Waals surface area (Å²) in [4.78, 5) is 11.0. The van der Waals surface area contributed by atoms with Crippen LogP contribution in [0.5, 0.6) is 11.5 Å². The van der Waals surface area contributed by atoms with E-state index in [1.54, 1.807) is 0 Å². The van der Waals surface area contributed by atoms with Crippen LogP contribution in [0.1, 0.15) is 28.8 Å². The first-order valence-corrected chi connectivity index (χ1v) is 4.91. The maximum atomic E-state index is 11.0. The first kappa shape index (κ1) is 10.8. The van der Waals surface area contributed by atoms with E-state index >= 15 is 0 Å². The highest BCUT2D eigenvalue weighted by atomic mass is 16.5. The Morgan fingerprint density at radius 1 is 1.50 bits per heavy atom. The number of carboxylic acid groups (broad SMARTS) is 1. The zero-order chi connectivity index (χ0) is 11.9. The lowest BCUT2D eigenvalue weighted by Gasteiger charge is -2.15. The molecule has 5 heteroatoms. The van der Waals surface area contributed by atoms with Crippen molar-refractivity contribution < 1.29 is 19.7 Å². The molecule has 1 saturated carbocycles. The van der Waals surface area contributed by atoms with E-state index in [0.29, 0.717) is 5.56 Å². The summed E-state index contributed by atoms with van der Waals surface area (Å²) in [5.74, 6) is -1.03. The van der Waals surface area contributed by atoms with Crippen molar-refractivity contribution in [2.45, 2.75) is 18.4 Å². The van der Waals surface area contributed by atoms with Crippen molar-refractivity contribution in [3.63, 3.8) is 0 Å². The highest BCUT2D eigenvalue weighted by Gasteiger charge is 2.43. The predicted octanol–water partition coefficient (Wildman–Crippen LogP) is 1.05. The van der Waals surface area contributed by atoms with Crippen molar-refractivity contribution in [2.24, 2.45) is 5.73 Å². The minimum absolute atomic E-state index is 0.0401. The molecule has 0 aromatic heterocycles. The van der Waals surface area contributed by atoms with Gasteiger partial charge >= 0.3 is 5.97 Å². The fourth-order valence-electron chi connectivity index (χ4n) is 1.72. The summed E-state index contributed by atoms with van der Waals surface area (Å²) in [5.41, 5.74) is 5.97. The molecule has 2 rings (SSSR count). The largest absolute Gasteiger partial charge is 0.504 e. The van der Waals surface area contributed by atoms with E-state index in [-0.39, 0.29) is 17.1 Å². The lowest BCUT2D eigenvalue weighted by Crippen LogP contribution is -2.22. The molecule has 1 aromatic carbocycles. The number of phenolic OH excluding ortho intramolecular Hbond substituents is 1. The molecule has 16 heavy (non-hydrogen) atoms. The van der Waals surface area contributed by atoms with Crippen LogP contribution in [-0.2, 0) is 5.54 Å². The number of aromatic carboxylic acids is 1. The van der Waals surface area contributed by atoms with Crippen molar-refractivity contribution in [3.8, 4) is 11.5 Å². The molecule has 0 bridgehead atoms. The highest BCUT2D eigenvalue weighted by Crippen LogP contribution is 2.46. The van der Waals surface area contributed by atoms with Crippen LogP contribution in [0.25, 0.3) is 0 Å². The minimum Gasteiger partial charge on any atom is -0.504 e. The Morgan fingerprint density at radius 2 is 2.12 bits per heavy atom. The third-order valence-corrected chi connectivity index (χ3v) is 2.87. The molecule has 0 aliphatic heterocycles. The van der Waals surface area contributed by atoms with Crippen LogP contribution in [0, 0.1) is 0 Å². The summed E-state index contributed by atoms with van der Waals surface area (Å²) in [5, 5.41) is 18.6. The molecular weight excluding hydrogens is 210 g/mol. The minimum atomic E-state index is -1.09. The van der Waals surface area contributed by atoms with Gasteiger partial charge < -0.3 is 20.7 Å².